The molecular formula is C23H19BN2O. The van der Waals surface area contributed by atoms with Gasteiger partial charge < -0.3 is 15.2 Å². The molecular weight excluding hydrogens is 331 g/mol. The second-order valence-electron chi connectivity index (χ2n) is 6.75. The van der Waals surface area contributed by atoms with E-state index in [1.807, 2.05) is 12.1 Å². The van der Waals surface area contributed by atoms with Gasteiger partial charge in [0.25, 0.3) is 0 Å². The van der Waals surface area contributed by atoms with Crippen molar-refractivity contribution in [1.29, 1.82) is 0 Å². The first kappa shape index (κ1) is 15.8. The predicted octanol–water partition coefficient (Wildman–Crippen LogP) is 4.75. The van der Waals surface area contributed by atoms with Crippen molar-refractivity contribution in [1.82, 2.24) is 0 Å². The van der Waals surface area contributed by atoms with Crippen molar-refractivity contribution < 1.29 is 4.74 Å². The van der Waals surface area contributed by atoms with Crippen molar-refractivity contribution >= 4 is 34.6 Å². The van der Waals surface area contributed by atoms with Crippen LogP contribution in [0, 0.1) is 0 Å². The molecule has 0 amide bonds. The number of methoxy groups -OCH3 is 1. The van der Waals surface area contributed by atoms with Gasteiger partial charge in [0.1, 0.15) is 5.75 Å². The Hall–Kier alpha value is -3.40. The highest BCUT2D eigenvalue weighted by Gasteiger charge is 2.27. The van der Waals surface area contributed by atoms with Crippen LogP contribution in [0.15, 0.2) is 84.9 Å². The fraction of sp³-hybridized carbons (Fsp3) is 0.0435. The van der Waals surface area contributed by atoms with Gasteiger partial charge in [-0.25, -0.2) is 0 Å². The van der Waals surface area contributed by atoms with Crippen LogP contribution in [0.5, 0.6) is 5.75 Å². The average Bonchev–Trinajstić information content (AvgIpc) is 2.74. The molecule has 0 unspecified atom stereocenters. The second kappa shape index (κ2) is 6.40. The van der Waals surface area contributed by atoms with Crippen LogP contribution in [0.25, 0.3) is 21.9 Å². The molecule has 4 aromatic carbocycles. The van der Waals surface area contributed by atoms with Crippen LogP contribution in [0.2, 0.25) is 0 Å². The minimum absolute atomic E-state index is 0.00352. The van der Waals surface area contributed by atoms with E-state index in [1.165, 1.54) is 27.4 Å². The summed E-state index contributed by atoms with van der Waals surface area (Å²) in [5.41, 5.74) is 5.92. The van der Waals surface area contributed by atoms with Gasteiger partial charge in [0.15, 0.2) is 0 Å². The summed E-state index contributed by atoms with van der Waals surface area (Å²) >= 11 is 0. The Kier molecular flexibility index (Phi) is 3.75. The summed E-state index contributed by atoms with van der Waals surface area (Å²) in [7, 11) is 1.69. The van der Waals surface area contributed by atoms with Crippen molar-refractivity contribution in [2.24, 2.45) is 0 Å². The highest BCUT2D eigenvalue weighted by atomic mass is 16.5. The molecule has 5 rings (SSSR count). The fourth-order valence-electron chi connectivity index (χ4n) is 3.87. The normalized spacial score (nSPS) is 12.4. The smallest absolute Gasteiger partial charge is 0.406 e. The van der Waals surface area contributed by atoms with Crippen molar-refractivity contribution in [3.63, 3.8) is 0 Å². The van der Waals surface area contributed by atoms with E-state index in [4.69, 9.17) is 4.74 Å². The molecule has 27 heavy (non-hydrogen) atoms. The lowest BCUT2D eigenvalue weighted by Gasteiger charge is -2.28. The van der Waals surface area contributed by atoms with Crippen LogP contribution in [-0.4, -0.2) is 14.1 Å². The minimum atomic E-state index is 0.00352. The number of hydrogen-bond acceptors (Lipinski definition) is 3. The van der Waals surface area contributed by atoms with E-state index < -0.39 is 0 Å². The van der Waals surface area contributed by atoms with Crippen molar-refractivity contribution in [3.05, 3.63) is 84.9 Å². The van der Waals surface area contributed by atoms with Crippen LogP contribution in [0.3, 0.4) is 0 Å². The second-order valence-corrected chi connectivity index (χ2v) is 6.75. The van der Waals surface area contributed by atoms with Crippen LogP contribution in [0.1, 0.15) is 0 Å². The summed E-state index contributed by atoms with van der Waals surface area (Å²) in [6.07, 6.45) is 0. The van der Waals surface area contributed by atoms with Gasteiger partial charge in [0, 0.05) is 16.8 Å². The fourth-order valence-corrected chi connectivity index (χ4v) is 3.87. The van der Waals surface area contributed by atoms with Gasteiger partial charge >= 0.3 is 6.98 Å². The maximum Gasteiger partial charge on any atom is 0.406 e. The van der Waals surface area contributed by atoms with Gasteiger partial charge in [-0.05, 0) is 46.2 Å². The standard InChI is InChI=1S/C23H19BN2O/c1-27-18-14-12-16(13-15-18)19-8-2-3-9-20(19)24-25-21-10-4-6-17-7-5-11-22(26-24)23(17)21/h2-15,25-26H,1H3. The van der Waals surface area contributed by atoms with Crippen molar-refractivity contribution in [3.8, 4) is 16.9 Å². The molecule has 0 aromatic heterocycles. The molecule has 0 fully saturated rings. The number of nitrogens with one attached hydrogen (secondary N) is 2. The molecule has 0 bridgehead atoms. The van der Waals surface area contributed by atoms with E-state index >= 15 is 0 Å². The third-order valence-electron chi connectivity index (χ3n) is 5.18. The lowest BCUT2D eigenvalue weighted by atomic mass is 9.63. The van der Waals surface area contributed by atoms with Crippen LogP contribution in [0.4, 0.5) is 11.4 Å². The highest BCUT2D eigenvalue weighted by molar-refractivity contribution is 6.81. The zero-order valence-electron chi connectivity index (χ0n) is 15.1. The zero-order chi connectivity index (χ0) is 18.2. The summed E-state index contributed by atoms with van der Waals surface area (Å²) in [6, 6.07) is 29.5. The van der Waals surface area contributed by atoms with Gasteiger partial charge in [0.05, 0.1) is 7.11 Å². The Labute approximate surface area is 159 Å². The number of anilines is 2. The Morgan fingerprint density at radius 1 is 0.704 bits per heavy atom. The number of benzene rings is 4. The average molecular weight is 350 g/mol. The van der Waals surface area contributed by atoms with E-state index in [0.717, 1.165) is 17.1 Å². The maximum absolute atomic E-state index is 5.30. The van der Waals surface area contributed by atoms with Crippen LogP contribution < -0.4 is 20.7 Å². The van der Waals surface area contributed by atoms with E-state index in [9.17, 15) is 0 Å². The molecule has 0 saturated heterocycles. The quantitative estimate of drug-likeness (QED) is 0.523. The first-order valence-corrected chi connectivity index (χ1v) is 9.12. The summed E-state index contributed by atoms with van der Waals surface area (Å²) < 4.78 is 5.30. The van der Waals surface area contributed by atoms with Crippen molar-refractivity contribution in [2.45, 2.75) is 0 Å². The third-order valence-corrected chi connectivity index (χ3v) is 5.18. The topological polar surface area (TPSA) is 33.3 Å². The summed E-state index contributed by atoms with van der Waals surface area (Å²) in [5.74, 6) is 0.866. The molecule has 1 heterocycles. The summed E-state index contributed by atoms with van der Waals surface area (Å²) in [5, 5.41) is 9.84. The molecule has 130 valence electrons. The summed E-state index contributed by atoms with van der Waals surface area (Å²) in [4.78, 5) is 0. The molecule has 0 radical (unpaired) electrons. The van der Waals surface area contributed by atoms with Crippen molar-refractivity contribution in [2.75, 3.05) is 17.6 Å². The number of ether oxygens (including phenoxy) is 1. The van der Waals surface area contributed by atoms with Gasteiger partial charge in [-0.15, -0.1) is 0 Å². The zero-order valence-corrected chi connectivity index (χ0v) is 15.1. The monoisotopic (exact) mass is 350 g/mol. The van der Waals surface area contributed by atoms with E-state index in [-0.39, 0.29) is 6.98 Å². The van der Waals surface area contributed by atoms with E-state index in [0.29, 0.717) is 0 Å². The molecule has 3 nitrogen and oxygen atoms in total. The molecule has 0 atom stereocenters. The van der Waals surface area contributed by atoms with Crippen LogP contribution >= 0.6 is 0 Å². The van der Waals surface area contributed by atoms with E-state index in [2.05, 4.69) is 83.3 Å². The lowest BCUT2D eigenvalue weighted by molar-refractivity contribution is 0.415. The molecule has 0 spiro atoms. The maximum atomic E-state index is 5.30. The van der Waals surface area contributed by atoms with Crippen LogP contribution in [-0.2, 0) is 0 Å². The molecule has 4 aromatic rings. The van der Waals surface area contributed by atoms with Gasteiger partial charge in [-0.2, -0.15) is 0 Å². The van der Waals surface area contributed by atoms with Gasteiger partial charge in [0.2, 0.25) is 0 Å². The SMILES string of the molecule is COc1ccc(-c2ccccc2B2Nc3cccc4cccc(c34)N2)cc1. The largest absolute Gasteiger partial charge is 0.497 e. The molecule has 1 aliphatic rings. The Bertz CT molecular complexity index is 1080. The number of hydrogen-bond donors (Lipinski definition) is 2. The third kappa shape index (κ3) is 2.70. The molecule has 4 heteroatoms. The predicted molar refractivity (Wildman–Crippen MR) is 115 cm³/mol. The lowest BCUT2D eigenvalue weighted by Crippen LogP contribution is -2.48. The Balaban J connectivity index is 1.58. The first-order chi connectivity index (χ1) is 13.3. The highest BCUT2D eigenvalue weighted by Crippen LogP contribution is 2.34. The Morgan fingerprint density at radius 2 is 1.37 bits per heavy atom. The minimum Gasteiger partial charge on any atom is -0.497 e. The molecule has 0 aliphatic carbocycles. The van der Waals surface area contributed by atoms with E-state index in [1.54, 1.807) is 7.11 Å². The van der Waals surface area contributed by atoms with Gasteiger partial charge in [-0.1, -0.05) is 60.7 Å². The van der Waals surface area contributed by atoms with Gasteiger partial charge in [-0.3, -0.25) is 0 Å². The molecule has 0 saturated carbocycles. The molecule has 1 aliphatic heterocycles. The number of rotatable bonds is 3. The first-order valence-electron chi connectivity index (χ1n) is 9.12. The Morgan fingerprint density at radius 3 is 2.04 bits per heavy atom. The summed E-state index contributed by atoms with van der Waals surface area (Å²) in [6.45, 7) is 0.00352. The molecule has 2 N–H and O–H groups in total.